The van der Waals surface area contributed by atoms with E-state index < -0.39 is 0 Å². The first-order valence-corrected chi connectivity index (χ1v) is 10.3. The molecule has 0 saturated heterocycles. The minimum Gasteiger partial charge on any atom is -0.469 e. The Kier molecular flexibility index (Phi) is 6.02. The largest absolute Gasteiger partial charge is 0.469 e. The van der Waals surface area contributed by atoms with Gasteiger partial charge < -0.3 is 9.53 Å². The Labute approximate surface area is 162 Å². The van der Waals surface area contributed by atoms with Crippen LogP contribution in [0.15, 0.2) is 0 Å². The van der Waals surface area contributed by atoms with Gasteiger partial charge in [0.15, 0.2) is 0 Å². The van der Waals surface area contributed by atoms with Crippen LogP contribution < -0.4 is 0 Å². The first-order valence-electron chi connectivity index (χ1n) is 10.3. The van der Waals surface area contributed by atoms with Crippen LogP contribution in [0.2, 0.25) is 0 Å². The first-order chi connectivity index (χ1) is 12.8. The summed E-state index contributed by atoms with van der Waals surface area (Å²) in [4.78, 5) is 22.8. The van der Waals surface area contributed by atoms with E-state index in [1.807, 2.05) is 4.68 Å². The number of methoxy groups -OCH3 is 1. The van der Waals surface area contributed by atoms with Crippen LogP contribution in [-0.4, -0.2) is 34.4 Å². The van der Waals surface area contributed by atoms with Crippen molar-refractivity contribution in [3.63, 3.8) is 0 Å². The second-order valence-corrected chi connectivity index (χ2v) is 9.55. The highest BCUT2D eigenvalue weighted by atomic mass is 16.5. The summed E-state index contributed by atoms with van der Waals surface area (Å²) in [5.74, 6) is 1.55. The van der Waals surface area contributed by atoms with Gasteiger partial charge in [0, 0.05) is 24.7 Å². The van der Waals surface area contributed by atoms with E-state index in [1.165, 1.54) is 44.9 Å². The standard InChI is InChI=1S/C21H33N3O3/c1-21(2,3)13-14-11-16(12-14)19-20(15-5-6-15)24(23-22-19)17(9-10-25)7-8-18(26)27-4/h10,14-17H,5-9,11-13H2,1-4H3/t14?,16?,17-/m0/s1. The molecule has 1 atom stereocenters. The smallest absolute Gasteiger partial charge is 0.305 e. The monoisotopic (exact) mass is 375 g/mol. The van der Waals surface area contributed by atoms with E-state index in [0.29, 0.717) is 36.5 Å². The van der Waals surface area contributed by atoms with Crippen LogP contribution in [0.25, 0.3) is 0 Å². The van der Waals surface area contributed by atoms with Crippen LogP contribution in [0.3, 0.4) is 0 Å². The first kappa shape index (κ1) is 20.0. The molecule has 6 nitrogen and oxygen atoms in total. The Morgan fingerprint density at radius 3 is 2.56 bits per heavy atom. The molecule has 1 aromatic rings. The van der Waals surface area contributed by atoms with E-state index in [-0.39, 0.29) is 12.0 Å². The maximum absolute atomic E-state index is 11.5. The SMILES string of the molecule is COC(=O)CC[C@@H](CC=O)n1nnc(C2CC(CC(C)(C)C)C2)c1C1CC1. The number of aldehydes is 1. The topological polar surface area (TPSA) is 74.1 Å². The van der Waals surface area contributed by atoms with E-state index in [1.54, 1.807) is 0 Å². The number of hydrogen-bond acceptors (Lipinski definition) is 5. The molecule has 2 aliphatic carbocycles. The Bertz CT molecular complexity index is 667. The van der Waals surface area contributed by atoms with Crippen molar-refractivity contribution in [1.82, 2.24) is 15.0 Å². The fraction of sp³-hybridized carbons (Fsp3) is 0.810. The van der Waals surface area contributed by atoms with Crippen LogP contribution in [0.4, 0.5) is 0 Å². The molecule has 2 saturated carbocycles. The van der Waals surface area contributed by atoms with Crippen LogP contribution in [0.5, 0.6) is 0 Å². The fourth-order valence-electron chi connectivity index (χ4n) is 4.46. The Balaban J connectivity index is 1.73. The Morgan fingerprint density at radius 1 is 1.30 bits per heavy atom. The van der Waals surface area contributed by atoms with E-state index in [0.717, 1.165) is 17.9 Å². The van der Waals surface area contributed by atoms with E-state index in [2.05, 4.69) is 31.1 Å². The van der Waals surface area contributed by atoms with Gasteiger partial charge in [-0.05, 0) is 49.9 Å². The van der Waals surface area contributed by atoms with Gasteiger partial charge in [0.2, 0.25) is 0 Å². The van der Waals surface area contributed by atoms with Gasteiger partial charge in [0.05, 0.1) is 24.5 Å². The zero-order valence-corrected chi connectivity index (χ0v) is 17.1. The van der Waals surface area contributed by atoms with E-state index in [4.69, 9.17) is 4.74 Å². The number of aromatic nitrogens is 3. The van der Waals surface area contributed by atoms with Gasteiger partial charge in [-0.3, -0.25) is 4.79 Å². The van der Waals surface area contributed by atoms with Gasteiger partial charge in [-0.2, -0.15) is 0 Å². The van der Waals surface area contributed by atoms with Crippen LogP contribution in [0, 0.1) is 11.3 Å². The van der Waals surface area contributed by atoms with E-state index in [9.17, 15) is 9.59 Å². The van der Waals surface area contributed by atoms with Crippen molar-refractivity contribution in [2.75, 3.05) is 7.11 Å². The summed E-state index contributed by atoms with van der Waals surface area (Å²) in [6.07, 6.45) is 8.11. The maximum atomic E-state index is 11.5. The lowest BCUT2D eigenvalue weighted by Crippen LogP contribution is -2.27. The highest BCUT2D eigenvalue weighted by Crippen LogP contribution is 2.51. The molecule has 0 amide bonds. The molecule has 0 aliphatic heterocycles. The van der Waals surface area contributed by atoms with Gasteiger partial charge in [-0.25, -0.2) is 4.68 Å². The van der Waals surface area contributed by atoms with Crippen LogP contribution in [0.1, 0.15) is 101 Å². The predicted molar refractivity (Wildman–Crippen MR) is 103 cm³/mol. The maximum Gasteiger partial charge on any atom is 0.305 e. The highest BCUT2D eigenvalue weighted by Gasteiger charge is 2.40. The molecule has 0 N–H and O–H groups in total. The summed E-state index contributed by atoms with van der Waals surface area (Å²) in [6, 6.07) is -0.108. The van der Waals surface area contributed by atoms with Gasteiger partial charge in [0.25, 0.3) is 0 Å². The number of rotatable bonds is 9. The molecule has 3 rings (SSSR count). The number of hydrogen-bond donors (Lipinski definition) is 0. The molecule has 1 heterocycles. The summed E-state index contributed by atoms with van der Waals surface area (Å²) < 4.78 is 6.71. The molecular formula is C21H33N3O3. The van der Waals surface area contributed by atoms with Crippen molar-refractivity contribution in [2.45, 2.75) is 90.0 Å². The molecule has 0 radical (unpaired) electrons. The van der Waals surface area contributed by atoms with Gasteiger partial charge in [-0.15, -0.1) is 5.10 Å². The quantitative estimate of drug-likeness (QED) is 0.478. The lowest BCUT2D eigenvalue weighted by molar-refractivity contribution is -0.141. The molecular weight excluding hydrogens is 342 g/mol. The normalized spacial score (nSPS) is 23.6. The van der Waals surface area contributed by atoms with Crippen molar-refractivity contribution in [3.05, 3.63) is 11.4 Å². The van der Waals surface area contributed by atoms with Gasteiger partial charge in [0.1, 0.15) is 6.29 Å². The van der Waals surface area contributed by atoms with Crippen molar-refractivity contribution in [2.24, 2.45) is 11.3 Å². The third kappa shape index (κ3) is 4.96. The summed E-state index contributed by atoms with van der Waals surface area (Å²) >= 11 is 0. The molecule has 0 bridgehead atoms. The Morgan fingerprint density at radius 2 is 2.00 bits per heavy atom. The summed E-state index contributed by atoms with van der Waals surface area (Å²) in [5.41, 5.74) is 2.75. The minimum absolute atomic E-state index is 0.108. The zero-order chi connectivity index (χ0) is 19.6. The van der Waals surface area contributed by atoms with Gasteiger partial charge in [-0.1, -0.05) is 26.0 Å². The third-order valence-corrected chi connectivity index (χ3v) is 5.87. The molecule has 2 fully saturated rings. The number of ether oxygens (including phenoxy) is 1. The van der Waals surface area contributed by atoms with Crippen molar-refractivity contribution in [3.8, 4) is 0 Å². The van der Waals surface area contributed by atoms with E-state index >= 15 is 0 Å². The molecule has 27 heavy (non-hydrogen) atoms. The minimum atomic E-state index is -0.247. The van der Waals surface area contributed by atoms with Crippen molar-refractivity contribution < 1.29 is 14.3 Å². The summed E-state index contributed by atoms with van der Waals surface area (Å²) in [5, 5.41) is 9.02. The molecule has 150 valence electrons. The number of carbonyl (C=O) groups is 2. The summed E-state index contributed by atoms with van der Waals surface area (Å²) in [6.45, 7) is 6.91. The number of esters is 1. The average Bonchev–Trinajstić information content (AvgIpc) is 3.32. The lowest BCUT2D eigenvalue weighted by atomic mass is 9.67. The molecule has 1 aromatic heterocycles. The number of nitrogens with zero attached hydrogens (tertiary/aromatic N) is 3. The van der Waals surface area contributed by atoms with Gasteiger partial charge >= 0.3 is 5.97 Å². The molecule has 0 aromatic carbocycles. The fourth-order valence-corrected chi connectivity index (χ4v) is 4.46. The molecule has 6 heteroatoms. The average molecular weight is 376 g/mol. The van der Waals surface area contributed by atoms with Crippen LogP contribution >= 0.6 is 0 Å². The predicted octanol–water partition coefficient (Wildman–Crippen LogP) is 4.17. The second-order valence-electron chi connectivity index (χ2n) is 9.55. The van der Waals surface area contributed by atoms with Crippen molar-refractivity contribution >= 4 is 12.3 Å². The number of carbonyl (C=O) groups excluding carboxylic acids is 2. The lowest BCUT2D eigenvalue weighted by Gasteiger charge is -2.38. The molecule has 2 aliphatic rings. The third-order valence-electron chi connectivity index (χ3n) is 5.87. The highest BCUT2D eigenvalue weighted by molar-refractivity contribution is 5.69. The summed E-state index contributed by atoms with van der Waals surface area (Å²) in [7, 11) is 1.39. The molecule has 0 spiro atoms. The molecule has 0 unspecified atom stereocenters. The zero-order valence-electron chi connectivity index (χ0n) is 17.1. The van der Waals surface area contributed by atoms with Crippen LogP contribution in [-0.2, 0) is 14.3 Å². The Hall–Kier alpha value is -1.72. The second kappa shape index (κ2) is 8.11. The van der Waals surface area contributed by atoms with Crippen molar-refractivity contribution in [1.29, 1.82) is 0 Å².